The Balaban J connectivity index is 1.55. The van der Waals surface area contributed by atoms with E-state index in [9.17, 15) is 10.1 Å². The first-order valence-corrected chi connectivity index (χ1v) is 11.0. The van der Waals surface area contributed by atoms with Gasteiger partial charge >= 0.3 is 0 Å². The summed E-state index contributed by atoms with van der Waals surface area (Å²) < 4.78 is 11.6. The number of thiocarbonyl (C=S) groups is 1. The molecule has 0 bridgehead atoms. The van der Waals surface area contributed by atoms with Crippen LogP contribution < -0.4 is 15.0 Å². The largest absolute Gasteiger partial charge is 0.497 e. The Labute approximate surface area is 201 Å². The van der Waals surface area contributed by atoms with E-state index in [0.717, 1.165) is 22.7 Å². The van der Waals surface area contributed by atoms with Crippen molar-refractivity contribution >= 4 is 28.7 Å². The minimum Gasteiger partial charge on any atom is -0.497 e. The van der Waals surface area contributed by atoms with E-state index in [2.05, 4.69) is 10.3 Å². The summed E-state index contributed by atoms with van der Waals surface area (Å²) in [7, 11) is 1.62. The number of nitro groups is 1. The molecule has 0 amide bonds. The molecular weight excluding hydrogens is 452 g/mol. The lowest BCUT2D eigenvalue weighted by molar-refractivity contribution is -0.384. The van der Waals surface area contributed by atoms with Gasteiger partial charge in [-0.15, -0.1) is 0 Å². The molecule has 2 unspecified atom stereocenters. The predicted octanol–water partition coefficient (Wildman–Crippen LogP) is 5.44. The number of nitro benzene ring substituents is 1. The van der Waals surface area contributed by atoms with Gasteiger partial charge in [0, 0.05) is 29.6 Å². The van der Waals surface area contributed by atoms with Crippen LogP contribution in [0.4, 0.5) is 11.4 Å². The zero-order valence-corrected chi connectivity index (χ0v) is 18.9. The van der Waals surface area contributed by atoms with Crippen molar-refractivity contribution in [3.63, 3.8) is 0 Å². The number of ether oxygens (including phenoxy) is 1. The van der Waals surface area contributed by atoms with Crippen LogP contribution in [0.25, 0.3) is 11.3 Å². The molecule has 1 N–H and O–H groups in total. The fourth-order valence-electron chi connectivity index (χ4n) is 4.08. The molecule has 34 heavy (non-hydrogen) atoms. The number of nitrogens with zero attached hydrogens (tertiary/aromatic N) is 3. The van der Waals surface area contributed by atoms with Gasteiger partial charge < -0.3 is 19.4 Å². The third-order valence-electron chi connectivity index (χ3n) is 5.73. The number of anilines is 1. The minimum absolute atomic E-state index is 0.0294. The number of non-ortho nitro benzene ring substituents is 1. The van der Waals surface area contributed by atoms with Crippen LogP contribution in [0.5, 0.6) is 5.75 Å². The predicted molar refractivity (Wildman–Crippen MR) is 132 cm³/mol. The summed E-state index contributed by atoms with van der Waals surface area (Å²) in [5.74, 6) is 2.04. The first-order chi connectivity index (χ1) is 16.5. The molecule has 8 nitrogen and oxygen atoms in total. The number of hydrogen-bond donors (Lipinski definition) is 1. The van der Waals surface area contributed by atoms with Crippen LogP contribution in [-0.2, 0) is 0 Å². The van der Waals surface area contributed by atoms with Gasteiger partial charge in [-0.3, -0.25) is 15.1 Å². The van der Waals surface area contributed by atoms with Gasteiger partial charge in [-0.05, 0) is 72.9 Å². The lowest BCUT2D eigenvalue weighted by Gasteiger charge is -2.26. The molecule has 3 heterocycles. The van der Waals surface area contributed by atoms with E-state index in [1.165, 1.54) is 12.1 Å². The summed E-state index contributed by atoms with van der Waals surface area (Å²) in [5.41, 5.74) is 2.49. The summed E-state index contributed by atoms with van der Waals surface area (Å²) in [6, 6.07) is 22.9. The van der Waals surface area contributed by atoms with E-state index in [0.29, 0.717) is 16.6 Å². The van der Waals surface area contributed by atoms with E-state index in [1.54, 1.807) is 25.4 Å². The molecule has 0 saturated carbocycles. The number of hydrogen-bond acceptors (Lipinski definition) is 6. The van der Waals surface area contributed by atoms with Crippen LogP contribution in [0.1, 0.15) is 23.5 Å². The second-order valence-corrected chi connectivity index (χ2v) is 8.09. The number of methoxy groups -OCH3 is 1. The topological polar surface area (TPSA) is 93.7 Å². The summed E-state index contributed by atoms with van der Waals surface area (Å²) in [6.07, 6.45) is 1.75. The molecule has 170 valence electrons. The Morgan fingerprint density at radius 1 is 1.06 bits per heavy atom. The fourth-order valence-corrected chi connectivity index (χ4v) is 4.43. The first-order valence-electron chi connectivity index (χ1n) is 10.5. The Bertz CT molecular complexity index is 1320. The van der Waals surface area contributed by atoms with Crippen molar-refractivity contribution in [3.05, 3.63) is 107 Å². The zero-order chi connectivity index (χ0) is 23.7. The third kappa shape index (κ3) is 3.97. The number of aromatic nitrogens is 1. The molecule has 1 aliphatic heterocycles. The molecule has 2 atom stereocenters. The second kappa shape index (κ2) is 8.95. The van der Waals surface area contributed by atoms with Crippen molar-refractivity contribution < 1.29 is 14.1 Å². The monoisotopic (exact) mass is 472 g/mol. The highest BCUT2D eigenvalue weighted by Crippen LogP contribution is 2.43. The number of rotatable bonds is 6. The molecule has 0 aliphatic carbocycles. The highest BCUT2D eigenvalue weighted by Gasteiger charge is 2.42. The number of pyridine rings is 1. The molecule has 2 aromatic heterocycles. The van der Waals surface area contributed by atoms with Crippen LogP contribution in [0, 0.1) is 10.1 Å². The Hall–Kier alpha value is -4.24. The van der Waals surface area contributed by atoms with Crippen molar-refractivity contribution in [2.24, 2.45) is 0 Å². The molecule has 0 spiro atoms. The van der Waals surface area contributed by atoms with Crippen LogP contribution in [0.2, 0.25) is 0 Å². The fraction of sp³-hybridized carbons (Fsp3) is 0.120. The van der Waals surface area contributed by atoms with E-state index < -0.39 is 4.92 Å². The Morgan fingerprint density at radius 2 is 1.82 bits per heavy atom. The lowest BCUT2D eigenvalue weighted by Crippen LogP contribution is -2.29. The van der Waals surface area contributed by atoms with Gasteiger partial charge in [0.1, 0.15) is 23.3 Å². The lowest BCUT2D eigenvalue weighted by atomic mass is 10.0. The number of nitrogens with one attached hydrogen (secondary N) is 1. The van der Waals surface area contributed by atoms with Crippen molar-refractivity contribution in [3.8, 4) is 17.1 Å². The van der Waals surface area contributed by atoms with Crippen LogP contribution >= 0.6 is 12.2 Å². The summed E-state index contributed by atoms with van der Waals surface area (Å²) >= 11 is 5.73. The van der Waals surface area contributed by atoms with Crippen LogP contribution in [-0.4, -0.2) is 22.1 Å². The maximum absolute atomic E-state index is 11.0. The van der Waals surface area contributed by atoms with Gasteiger partial charge in [-0.25, -0.2) is 0 Å². The highest BCUT2D eigenvalue weighted by atomic mass is 32.1. The smallest absolute Gasteiger partial charge is 0.269 e. The Morgan fingerprint density at radius 3 is 2.47 bits per heavy atom. The molecule has 1 aliphatic rings. The first kappa shape index (κ1) is 21.6. The van der Waals surface area contributed by atoms with Gasteiger partial charge in [0.25, 0.3) is 5.69 Å². The van der Waals surface area contributed by atoms with Crippen molar-refractivity contribution in [2.45, 2.75) is 12.1 Å². The molecule has 5 rings (SSSR count). The molecular formula is C25H20N4O4S. The molecule has 4 aromatic rings. The molecule has 0 radical (unpaired) electrons. The number of benzene rings is 2. The molecule has 1 saturated heterocycles. The van der Waals surface area contributed by atoms with Gasteiger partial charge in [0.15, 0.2) is 5.11 Å². The maximum Gasteiger partial charge on any atom is 0.269 e. The summed E-state index contributed by atoms with van der Waals surface area (Å²) in [4.78, 5) is 17.1. The van der Waals surface area contributed by atoms with E-state index >= 15 is 0 Å². The zero-order valence-electron chi connectivity index (χ0n) is 18.1. The van der Waals surface area contributed by atoms with Gasteiger partial charge in [0.05, 0.1) is 23.8 Å². The van der Waals surface area contributed by atoms with Crippen LogP contribution in [0.15, 0.2) is 89.5 Å². The number of furan rings is 1. The standard InChI is InChI=1S/C25H20N4O4S/c1-32-19-11-9-17(10-12-19)28-24(23(27-25(28)34)20-4-2-3-15-26-20)22-14-13-21(33-22)16-5-7-18(8-6-16)29(30)31/h2-15,23-24H,1H3,(H,27,34). The molecule has 1 fully saturated rings. The Kier molecular flexibility index (Phi) is 5.69. The van der Waals surface area contributed by atoms with E-state index in [1.807, 2.05) is 59.5 Å². The van der Waals surface area contributed by atoms with Crippen LogP contribution in [0.3, 0.4) is 0 Å². The van der Waals surface area contributed by atoms with E-state index in [4.69, 9.17) is 21.4 Å². The van der Waals surface area contributed by atoms with Crippen molar-refractivity contribution in [2.75, 3.05) is 12.0 Å². The van der Waals surface area contributed by atoms with Gasteiger partial charge in [-0.1, -0.05) is 6.07 Å². The average molecular weight is 473 g/mol. The SMILES string of the molecule is COc1ccc(N2C(=S)NC(c3ccccn3)C2c2ccc(-c3ccc([N+](=O)[O-])cc3)o2)cc1. The van der Waals surface area contributed by atoms with Crippen molar-refractivity contribution in [1.29, 1.82) is 0 Å². The summed E-state index contributed by atoms with van der Waals surface area (Å²) in [5, 5.41) is 14.9. The normalized spacial score (nSPS) is 17.4. The minimum atomic E-state index is -0.424. The highest BCUT2D eigenvalue weighted by molar-refractivity contribution is 7.80. The maximum atomic E-state index is 11.0. The van der Waals surface area contributed by atoms with E-state index in [-0.39, 0.29) is 17.8 Å². The second-order valence-electron chi connectivity index (χ2n) is 7.70. The molecule has 2 aromatic carbocycles. The quantitative estimate of drug-likeness (QED) is 0.225. The van der Waals surface area contributed by atoms with Crippen molar-refractivity contribution in [1.82, 2.24) is 10.3 Å². The molecule has 9 heteroatoms. The van der Waals surface area contributed by atoms with Gasteiger partial charge in [-0.2, -0.15) is 0 Å². The third-order valence-corrected chi connectivity index (χ3v) is 6.04. The van der Waals surface area contributed by atoms with Gasteiger partial charge in [0.2, 0.25) is 0 Å². The summed E-state index contributed by atoms with van der Waals surface area (Å²) in [6.45, 7) is 0. The average Bonchev–Trinajstić information content (AvgIpc) is 3.49.